The number of ether oxygens (including phenoxy) is 5. The van der Waals surface area contributed by atoms with Gasteiger partial charge in [-0.05, 0) is 36.1 Å². The van der Waals surface area contributed by atoms with Gasteiger partial charge in [0.2, 0.25) is 6.79 Å². The van der Waals surface area contributed by atoms with E-state index in [-0.39, 0.29) is 0 Å². The van der Waals surface area contributed by atoms with Crippen LogP contribution in [0.3, 0.4) is 0 Å². The number of hydrogen-bond acceptors (Lipinski definition) is 5. The first-order valence-corrected chi connectivity index (χ1v) is 13.1. The SMILES string of the molecule is CCCCOCCOCCOCc1cc2c(cc1CCC)OCO2.CCC[CH2][Sn]. The number of aryl methyl sites for hydroxylation is 1. The first-order chi connectivity index (χ1) is 14.3. The van der Waals surface area contributed by atoms with Gasteiger partial charge in [0.05, 0.1) is 33.0 Å². The molecule has 1 aliphatic rings. The summed E-state index contributed by atoms with van der Waals surface area (Å²) in [6.07, 6.45) is 7.17. The van der Waals surface area contributed by atoms with E-state index >= 15 is 0 Å². The molecule has 0 saturated heterocycles. The monoisotopic (exact) mass is 515 g/mol. The average molecular weight is 514 g/mol. The third-order valence-corrected chi connectivity index (χ3v) is 5.40. The zero-order valence-corrected chi connectivity index (χ0v) is 21.4. The van der Waals surface area contributed by atoms with Crippen molar-refractivity contribution in [3.8, 4) is 11.5 Å². The van der Waals surface area contributed by atoms with Crippen LogP contribution < -0.4 is 9.47 Å². The molecule has 1 heterocycles. The summed E-state index contributed by atoms with van der Waals surface area (Å²) in [7, 11) is 0. The normalized spacial score (nSPS) is 12.0. The Morgan fingerprint density at radius 3 is 1.90 bits per heavy atom. The molecule has 2 rings (SSSR count). The van der Waals surface area contributed by atoms with Crippen LogP contribution in [0.25, 0.3) is 0 Å². The Morgan fingerprint density at radius 1 is 0.759 bits per heavy atom. The molecule has 0 aromatic heterocycles. The third kappa shape index (κ3) is 12.1. The second kappa shape index (κ2) is 18.3. The first kappa shape index (κ1) is 26.5. The first-order valence-electron chi connectivity index (χ1n) is 11.1. The van der Waals surface area contributed by atoms with Gasteiger partial charge in [0.25, 0.3) is 0 Å². The standard InChI is InChI=1S/C19H30O5.C4H9.Sn/c1-3-5-7-20-8-9-21-10-11-22-14-17-13-19-18(23-15-24-19)12-16(17)6-4-2;1-3-4-2;/h12-13H,3-11,14-15H2,1-2H3;1,3-4H2,2H3;. The average Bonchev–Trinajstić information content (AvgIpc) is 3.18. The quantitative estimate of drug-likeness (QED) is 0.241. The van der Waals surface area contributed by atoms with E-state index in [0.717, 1.165) is 43.8 Å². The van der Waals surface area contributed by atoms with E-state index in [2.05, 4.69) is 26.8 Å². The molecule has 1 aromatic rings. The van der Waals surface area contributed by atoms with Crippen molar-refractivity contribution in [1.29, 1.82) is 0 Å². The minimum absolute atomic E-state index is 0.305. The van der Waals surface area contributed by atoms with Gasteiger partial charge >= 0.3 is 46.7 Å². The van der Waals surface area contributed by atoms with Crippen molar-refractivity contribution in [3.05, 3.63) is 23.3 Å². The Kier molecular flexibility index (Phi) is 16.7. The van der Waals surface area contributed by atoms with Gasteiger partial charge in [-0.3, -0.25) is 0 Å². The van der Waals surface area contributed by atoms with E-state index in [1.807, 2.05) is 6.07 Å². The van der Waals surface area contributed by atoms with E-state index in [0.29, 0.717) is 39.8 Å². The zero-order chi connectivity index (χ0) is 21.2. The molecule has 3 radical (unpaired) electrons. The Hall–Kier alpha value is -0.501. The van der Waals surface area contributed by atoms with E-state index < -0.39 is 0 Å². The maximum atomic E-state index is 5.75. The van der Waals surface area contributed by atoms with Crippen molar-refractivity contribution >= 4 is 22.5 Å². The fraction of sp³-hybridized carbons (Fsp3) is 0.739. The molecule has 1 aliphatic heterocycles. The zero-order valence-electron chi connectivity index (χ0n) is 18.6. The molecule has 0 saturated carbocycles. The molecule has 29 heavy (non-hydrogen) atoms. The topological polar surface area (TPSA) is 46.2 Å². The predicted octanol–water partition coefficient (Wildman–Crippen LogP) is 5.09. The van der Waals surface area contributed by atoms with Crippen molar-refractivity contribution in [2.75, 3.05) is 39.8 Å². The number of fused-ring (bicyclic) bond motifs is 1. The van der Waals surface area contributed by atoms with Crippen LogP contribution >= 0.6 is 0 Å². The number of unbranched alkanes of at least 4 members (excludes halogenated alkanes) is 2. The van der Waals surface area contributed by atoms with Crippen LogP contribution in [0.2, 0.25) is 4.44 Å². The molecular formula is C23H39O5Sn. The molecule has 0 unspecified atom stereocenters. The molecular weight excluding hydrogens is 475 g/mol. The summed E-state index contributed by atoms with van der Waals surface area (Å²) >= 11 is 1.68. The van der Waals surface area contributed by atoms with Crippen LogP contribution in [0, 0.1) is 0 Å². The van der Waals surface area contributed by atoms with E-state index in [4.69, 9.17) is 23.7 Å². The van der Waals surface area contributed by atoms with Gasteiger partial charge in [-0.1, -0.05) is 26.7 Å². The summed E-state index contributed by atoms with van der Waals surface area (Å²) in [5.74, 6) is 1.66. The summed E-state index contributed by atoms with van der Waals surface area (Å²) in [5.41, 5.74) is 2.44. The Labute approximate surface area is 190 Å². The molecule has 0 amide bonds. The summed E-state index contributed by atoms with van der Waals surface area (Å²) in [4.78, 5) is 0. The Morgan fingerprint density at radius 2 is 1.34 bits per heavy atom. The van der Waals surface area contributed by atoms with E-state index in [9.17, 15) is 0 Å². The van der Waals surface area contributed by atoms with E-state index in [1.165, 1.54) is 28.4 Å². The molecule has 6 heteroatoms. The molecule has 1 aromatic carbocycles. The molecule has 0 spiro atoms. The molecule has 5 nitrogen and oxygen atoms in total. The molecule has 0 N–H and O–H groups in total. The third-order valence-electron chi connectivity index (χ3n) is 4.39. The second-order valence-corrected chi connectivity index (χ2v) is 8.39. The molecule has 0 atom stereocenters. The van der Waals surface area contributed by atoms with Gasteiger partial charge in [0.15, 0.2) is 11.5 Å². The van der Waals surface area contributed by atoms with Crippen LogP contribution in [0.5, 0.6) is 11.5 Å². The summed E-state index contributed by atoms with van der Waals surface area (Å²) < 4.78 is 29.0. The fourth-order valence-electron chi connectivity index (χ4n) is 2.71. The molecule has 165 valence electrons. The van der Waals surface area contributed by atoms with Crippen molar-refractivity contribution in [2.45, 2.75) is 70.3 Å². The Bertz CT molecular complexity index is 522. The van der Waals surface area contributed by atoms with Crippen LogP contribution in [-0.4, -0.2) is 62.4 Å². The van der Waals surface area contributed by atoms with Gasteiger partial charge in [-0.15, -0.1) is 0 Å². The van der Waals surface area contributed by atoms with Gasteiger partial charge in [0, 0.05) is 6.61 Å². The number of rotatable bonds is 15. The molecule has 0 aliphatic carbocycles. The van der Waals surface area contributed by atoms with Gasteiger partial charge in [0.1, 0.15) is 0 Å². The van der Waals surface area contributed by atoms with Crippen molar-refractivity contribution in [1.82, 2.24) is 0 Å². The number of benzene rings is 1. The van der Waals surface area contributed by atoms with Gasteiger partial charge in [-0.25, -0.2) is 0 Å². The predicted molar refractivity (Wildman–Crippen MR) is 118 cm³/mol. The maximum absolute atomic E-state index is 5.75. The summed E-state index contributed by atoms with van der Waals surface area (Å²) in [6.45, 7) is 10.7. The summed E-state index contributed by atoms with van der Waals surface area (Å²) in [6, 6.07) is 4.12. The van der Waals surface area contributed by atoms with Gasteiger partial charge < -0.3 is 23.7 Å². The number of hydrogen-bond donors (Lipinski definition) is 0. The van der Waals surface area contributed by atoms with Crippen LogP contribution in [0.4, 0.5) is 0 Å². The van der Waals surface area contributed by atoms with Crippen molar-refractivity contribution in [2.24, 2.45) is 0 Å². The van der Waals surface area contributed by atoms with Gasteiger partial charge in [-0.2, -0.15) is 0 Å². The summed E-state index contributed by atoms with van der Waals surface area (Å²) in [5, 5.41) is 0. The van der Waals surface area contributed by atoms with Crippen LogP contribution in [-0.2, 0) is 27.2 Å². The van der Waals surface area contributed by atoms with Crippen molar-refractivity contribution < 1.29 is 23.7 Å². The molecule has 0 bridgehead atoms. The van der Waals surface area contributed by atoms with Crippen LogP contribution in [0.15, 0.2) is 12.1 Å². The Balaban J connectivity index is 0.000000749. The fourth-order valence-corrected chi connectivity index (χ4v) is 3.72. The van der Waals surface area contributed by atoms with Crippen molar-refractivity contribution in [3.63, 3.8) is 0 Å². The van der Waals surface area contributed by atoms with E-state index in [1.54, 1.807) is 22.5 Å². The van der Waals surface area contributed by atoms with Crippen LogP contribution in [0.1, 0.15) is 64.0 Å². The second-order valence-electron chi connectivity index (χ2n) is 6.96. The molecule has 0 fully saturated rings. The minimum atomic E-state index is 0.305.